The third kappa shape index (κ3) is 1.78. The molecule has 5 heteroatoms. The highest BCUT2D eigenvalue weighted by molar-refractivity contribution is 7.99. The lowest BCUT2D eigenvalue weighted by Crippen LogP contribution is -1.98. The van der Waals surface area contributed by atoms with Crippen molar-refractivity contribution in [3.8, 4) is 0 Å². The number of fused-ring (bicyclic) bond motifs is 1. The minimum Gasteiger partial charge on any atom is -0.296 e. The molecule has 0 aliphatic heterocycles. The molecule has 0 atom stereocenters. The molecule has 0 bridgehead atoms. The van der Waals surface area contributed by atoms with E-state index in [1.54, 1.807) is 23.1 Å². The highest BCUT2D eigenvalue weighted by Gasteiger charge is 2.17. The summed E-state index contributed by atoms with van der Waals surface area (Å²) in [5, 5.41) is 2.94. The van der Waals surface area contributed by atoms with E-state index in [2.05, 4.69) is 31.1 Å². The maximum atomic E-state index is 11.2. The predicted molar refractivity (Wildman–Crippen MR) is 68.9 cm³/mol. The Labute approximate surface area is 103 Å². The van der Waals surface area contributed by atoms with E-state index in [0.29, 0.717) is 11.6 Å². The SMILES string of the molecule is CCSc1nc2scc(C(C)C)n2c1C=O. The van der Waals surface area contributed by atoms with Crippen LogP contribution in [0.5, 0.6) is 0 Å². The summed E-state index contributed by atoms with van der Waals surface area (Å²) in [4.78, 5) is 16.6. The first-order valence-corrected chi connectivity index (χ1v) is 7.13. The zero-order chi connectivity index (χ0) is 11.7. The van der Waals surface area contributed by atoms with Gasteiger partial charge < -0.3 is 0 Å². The molecule has 0 spiro atoms. The van der Waals surface area contributed by atoms with Crippen molar-refractivity contribution >= 4 is 34.3 Å². The van der Waals surface area contributed by atoms with Crippen LogP contribution in [0.2, 0.25) is 0 Å². The Balaban J connectivity index is 2.65. The Kier molecular flexibility index (Phi) is 3.35. The van der Waals surface area contributed by atoms with Gasteiger partial charge in [0.15, 0.2) is 11.2 Å². The van der Waals surface area contributed by atoms with Crippen LogP contribution in [0.4, 0.5) is 0 Å². The summed E-state index contributed by atoms with van der Waals surface area (Å²) in [7, 11) is 0. The maximum Gasteiger partial charge on any atom is 0.195 e. The van der Waals surface area contributed by atoms with Crippen LogP contribution in [0.25, 0.3) is 4.96 Å². The molecule has 0 unspecified atom stereocenters. The number of carbonyl (C=O) groups excluding carboxylic acids is 1. The van der Waals surface area contributed by atoms with E-state index in [-0.39, 0.29) is 0 Å². The molecule has 0 saturated carbocycles. The van der Waals surface area contributed by atoms with Crippen molar-refractivity contribution in [1.29, 1.82) is 0 Å². The van der Waals surface area contributed by atoms with Gasteiger partial charge in [-0.15, -0.1) is 23.1 Å². The topological polar surface area (TPSA) is 34.4 Å². The second-order valence-electron chi connectivity index (χ2n) is 3.79. The molecule has 0 aliphatic carbocycles. The molecule has 0 fully saturated rings. The lowest BCUT2D eigenvalue weighted by atomic mass is 10.1. The summed E-state index contributed by atoms with van der Waals surface area (Å²) < 4.78 is 1.99. The highest BCUT2D eigenvalue weighted by atomic mass is 32.2. The van der Waals surface area contributed by atoms with Gasteiger partial charge in [-0.1, -0.05) is 20.8 Å². The van der Waals surface area contributed by atoms with Gasteiger partial charge in [-0.2, -0.15) is 0 Å². The minimum absolute atomic E-state index is 0.404. The van der Waals surface area contributed by atoms with Crippen molar-refractivity contribution < 1.29 is 4.79 Å². The van der Waals surface area contributed by atoms with Gasteiger partial charge in [-0.3, -0.25) is 9.20 Å². The van der Waals surface area contributed by atoms with Crippen LogP contribution in [-0.2, 0) is 0 Å². The smallest absolute Gasteiger partial charge is 0.195 e. The standard InChI is InChI=1S/C11H14N2OS2/c1-4-15-10-8(5-14)13-9(7(2)3)6-16-11(13)12-10/h5-7H,4H2,1-3H3. The maximum absolute atomic E-state index is 11.2. The summed E-state index contributed by atoms with van der Waals surface area (Å²) in [6.07, 6.45) is 0.913. The van der Waals surface area contributed by atoms with Gasteiger partial charge in [-0.05, 0) is 11.7 Å². The van der Waals surface area contributed by atoms with Crippen LogP contribution in [0.3, 0.4) is 0 Å². The second-order valence-corrected chi connectivity index (χ2v) is 5.88. The Bertz CT molecular complexity index is 513. The predicted octanol–water partition coefficient (Wildman–Crippen LogP) is 3.44. The molecular weight excluding hydrogens is 240 g/mol. The number of carbonyl (C=O) groups is 1. The number of hydrogen-bond acceptors (Lipinski definition) is 4. The first-order valence-electron chi connectivity index (χ1n) is 5.26. The lowest BCUT2D eigenvalue weighted by molar-refractivity contribution is 0.111. The molecule has 86 valence electrons. The molecule has 16 heavy (non-hydrogen) atoms. The van der Waals surface area contributed by atoms with E-state index in [9.17, 15) is 4.79 Å². The summed E-state index contributed by atoms with van der Waals surface area (Å²) in [5.41, 5.74) is 1.87. The average molecular weight is 254 g/mol. The van der Waals surface area contributed by atoms with Crippen molar-refractivity contribution in [2.45, 2.75) is 31.7 Å². The fraction of sp³-hybridized carbons (Fsp3) is 0.455. The summed E-state index contributed by atoms with van der Waals surface area (Å²) >= 11 is 3.22. The minimum atomic E-state index is 0.404. The molecule has 2 aromatic heterocycles. The third-order valence-corrected chi connectivity index (χ3v) is 4.08. The van der Waals surface area contributed by atoms with E-state index < -0.39 is 0 Å². The van der Waals surface area contributed by atoms with Gasteiger partial charge in [0, 0.05) is 11.1 Å². The molecule has 0 saturated heterocycles. The van der Waals surface area contributed by atoms with E-state index >= 15 is 0 Å². The molecule has 3 nitrogen and oxygen atoms in total. The number of rotatable bonds is 4. The summed E-state index contributed by atoms with van der Waals surface area (Å²) in [6, 6.07) is 0. The first-order chi connectivity index (χ1) is 7.69. The van der Waals surface area contributed by atoms with Crippen LogP contribution in [0.1, 0.15) is 42.9 Å². The lowest BCUT2D eigenvalue weighted by Gasteiger charge is -2.03. The third-order valence-electron chi connectivity index (χ3n) is 2.38. The van der Waals surface area contributed by atoms with Crippen molar-refractivity contribution in [2.75, 3.05) is 5.75 Å². The number of aldehydes is 1. The van der Waals surface area contributed by atoms with Gasteiger partial charge >= 0.3 is 0 Å². The molecule has 0 aliphatic rings. The zero-order valence-corrected chi connectivity index (χ0v) is 11.2. The molecule has 0 aromatic carbocycles. The van der Waals surface area contributed by atoms with Gasteiger partial charge in [0.25, 0.3) is 0 Å². The van der Waals surface area contributed by atoms with Crippen molar-refractivity contribution in [3.05, 3.63) is 16.8 Å². The molecule has 2 heterocycles. The fourth-order valence-corrected chi connectivity index (χ4v) is 3.45. The van der Waals surface area contributed by atoms with Crippen LogP contribution >= 0.6 is 23.1 Å². The van der Waals surface area contributed by atoms with E-state index in [4.69, 9.17) is 0 Å². The van der Waals surface area contributed by atoms with Crippen LogP contribution in [0.15, 0.2) is 10.4 Å². The normalized spacial score (nSPS) is 11.5. The monoisotopic (exact) mass is 254 g/mol. The molecular formula is C11H14N2OS2. The average Bonchev–Trinajstić information content (AvgIpc) is 2.75. The Morgan fingerprint density at radius 2 is 2.38 bits per heavy atom. The number of hydrogen-bond donors (Lipinski definition) is 0. The van der Waals surface area contributed by atoms with Gasteiger partial charge in [0.2, 0.25) is 0 Å². The van der Waals surface area contributed by atoms with Gasteiger partial charge in [0.05, 0.1) is 0 Å². The van der Waals surface area contributed by atoms with Crippen molar-refractivity contribution in [2.24, 2.45) is 0 Å². The number of nitrogens with zero attached hydrogens (tertiary/aromatic N) is 2. The Morgan fingerprint density at radius 1 is 1.62 bits per heavy atom. The van der Waals surface area contributed by atoms with E-state index in [1.807, 2.05) is 4.40 Å². The molecule has 0 amide bonds. The number of imidazole rings is 1. The van der Waals surface area contributed by atoms with Crippen molar-refractivity contribution in [1.82, 2.24) is 9.38 Å². The number of thioether (sulfide) groups is 1. The highest BCUT2D eigenvalue weighted by Crippen LogP contribution is 2.29. The van der Waals surface area contributed by atoms with E-state index in [1.165, 1.54) is 0 Å². The molecule has 0 N–H and O–H groups in total. The number of aromatic nitrogens is 2. The summed E-state index contributed by atoms with van der Waals surface area (Å²) in [5.74, 6) is 1.34. The van der Waals surface area contributed by atoms with Gasteiger partial charge in [-0.25, -0.2) is 4.98 Å². The van der Waals surface area contributed by atoms with Gasteiger partial charge in [0.1, 0.15) is 10.7 Å². The van der Waals surface area contributed by atoms with Crippen LogP contribution in [-0.4, -0.2) is 21.4 Å². The summed E-state index contributed by atoms with van der Waals surface area (Å²) in [6.45, 7) is 6.32. The second kappa shape index (κ2) is 4.59. The zero-order valence-electron chi connectivity index (χ0n) is 9.56. The Morgan fingerprint density at radius 3 is 2.94 bits per heavy atom. The fourth-order valence-electron chi connectivity index (χ4n) is 1.63. The molecule has 2 rings (SSSR count). The van der Waals surface area contributed by atoms with Crippen molar-refractivity contribution in [3.63, 3.8) is 0 Å². The molecule has 2 aromatic rings. The van der Waals surface area contributed by atoms with E-state index in [0.717, 1.165) is 27.7 Å². The number of thiazole rings is 1. The Hall–Kier alpha value is -0.810. The quantitative estimate of drug-likeness (QED) is 0.619. The van der Waals surface area contributed by atoms with Crippen LogP contribution in [0, 0.1) is 0 Å². The van der Waals surface area contributed by atoms with Crippen LogP contribution < -0.4 is 0 Å². The first kappa shape index (κ1) is 11.7. The largest absolute Gasteiger partial charge is 0.296 e. The molecule has 0 radical (unpaired) electrons.